The second-order valence-corrected chi connectivity index (χ2v) is 11.4. The highest BCUT2D eigenvalue weighted by Gasteiger charge is 2.70. The Morgan fingerprint density at radius 3 is 2.90 bits per heavy atom. The summed E-state index contributed by atoms with van der Waals surface area (Å²) in [5.74, 6) is 2.82. The summed E-state index contributed by atoms with van der Waals surface area (Å²) in [6, 6.07) is 5.89. The van der Waals surface area contributed by atoms with Crippen LogP contribution in [0.15, 0.2) is 18.2 Å². The average molecular weight is 445 g/mol. The molecule has 1 amide bonds. The number of likely N-dealkylation sites (N-methyl/N-ethyl adjacent to an activating group) is 1. The Balaban J connectivity index is 1.19. The summed E-state index contributed by atoms with van der Waals surface area (Å²) in [5.41, 5.74) is 2.78. The fourth-order valence-corrected chi connectivity index (χ4v) is 8.29. The lowest BCUT2D eigenvalue weighted by molar-refractivity contribution is -0.00253. The van der Waals surface area contributed by atoms with E-state index in [0.29, 0.717) is 21.4 Å². The van der Waals surface area contributed by atoms with Crippen molar-refractivity contribution in [2.24, 2.45) is 28.6 Å². The van der Waals surface area contributed by atoms with Gasteiger partial charge in [0, 0.05) is 13.1 Å². The van der Waals surface area contributed by atoms with Gasteiger partial charge in [0.2, 0.25) is 0 Å². The zero-order valence-electron chi connectivity index (χ0n) is 18.8. The molecule has 5 atom stereocenters. The molecule has 3 bridgehead atoms. The Morgan fingerprint density at radius 2 is 2.10 bits per heavy atom. The van der Waals surface area contributed by atoms with Crippen LogP contribution in [0, 0.1) is 28.6 Å². The SMILES string of the molecule is CCN(CCO)CCCc1ccc(Cl)c(C(=O)NCC23CC4CC5CC(C2)C5(C4)C3)c1. The summed E-state index contributed by atoms with van der Waals surface area (Å²) in [6.07, 6.45) is 10.3. The van der Waals surface area contributed by atoms with Gasteiger partial charge in [-0.25, -0.2) is 0 Å². The van der Waals surface area contributed by atoms with Gasteiger partial charge >= 0.3 is 0 Å². The monoisotopic (exact) mass is 444 g/mol. The highest BCUT2D eigenvalue weighted by atomic mass is 35.5. The van der Waals surface area contributed by atoms with Crippen LogP contribution in [-0.4, -0.2) is 48.7 Å². The Kier molecular flexibility index (Phi) is 5.85. The zero-order chi connectivity index (χ0) is 21.6. The fourth-order valence-electron chi connectivity index (χ4n) is 8.09. The summed E-state index contributed by atoms with van der Waals surface area (Å²) in [7, 11) is 0. The number of aliphatic hydroxyl groups is 1. The average Bonchev–Trinajstić information content (AvgIpc) is 3.07. The molecule has 4 fully saturated rings. The molecule has 2 N–H and O–H groups in total. The molecule has 170 valence electrons. The predicted octanol–water partition coefficient (Wildman–Crippen LogP) is 4.53. The van der Waals surface area contributed by atoms with Crippen molar-refractivity contribution in [3.63, 3.8) is 0 Å². The van der Waals surface area contributed by atoms with Gasteiger partial charge in [-0.3, -0.25) is 4.79 Å². The number of nitrogens with one attached hydrogen (secondary N) is 1. The van der Waals surface area contributed by atoms with E-state index in [0.717, 1.165) is 62.3 Å². The van der Waals surface area contributed by atoms with Crippen LogP contribution in [0.3, 0.4) is 0 Å². The van der Waals surface area contributed by atoms with Gasteiger partial charge in [0.15, 0.2) is 0 Å². The second kappa shape index (κ2) is 8.35. The van der Waals surface area contributed by atoms with Crippen LogP contribution in [-0.2, 0) is 6.42 Å². The van der Waals surface area contributed by atoms with E-state index >= 15 is 0 Å². The maximum absolute atomic E-state index is 13.1. The van der Waals surface area contributed by atoms with Gasteiger partial charge < -0.3 is 15.3 Å². The van der Waals surface area contributed by atoms with Crippen molar-refractivity contribution in [1.29, 1.82) is 0 Å². The molecule has 0 aliphatic heterocycles. The first-order valence-electron chi connectivity index (χ1n) is 12.4. The molecule has 1 spiro atoms. The van der Waals surface area contributed by atoms with Gasteiger partial charge in [-0.2, -0.15) is 0 Å². The second-order valence-electron chi connectivity index (χ2n) is 11.0. The van der Waals surface area contributed by atoms with Crippen LogP contribution in [0.4, 0.5) is 0 Å². The lowest BCUT2D eigenvalue weighted by Crippen LogP contribution is -2.43. The molecular formula is C26H37ClN2O2. The van der Waals surface area contributed by atoms with E-state index in [4.69, 9.17) is 16.7 Å². The highest BCUT2D eigenvalue weighted by molar-refractivity contribution is 6.33. The number of aryl methyl sites for hydroxylation is 1. The van der Waals surface area contributed by atoms with Crippen LogP contribution < -0.4 is 5.32 Å². The first-order chi connectivity index (χ1) is 15.0. The molecule has 0 aromatic heterocycles. The van der Waals surface area contributed by atoms with Crippen LogP contribution in [0.25, 0.3) is 0 Å². The van der Waals surface area contributed by atoms with Gasteiger partial charge in [0.25, 0.3) is 5.91 Å². The lowest BCUT2D eigenvalue weighted by atomic mass is 9.55. The third-order valence-corrected chi connectivity index (χ3v) is 9.62. The first-order valence-corrected chi connectivity index (χ1v) is 12.7. The number of nitrogens with zero attached hydrogens (tertiary/aromatic N) is 1. The number of aliphatic hydroxyl groups excluding tert-OH is 1. The normalized spacial score (nSPS) is 34.8. The summed E-state index contributed by atoms with van der Waals surface area (Å²) >= 11 is 6.43. The van der Waals surface area contributed by atoms with Gasteiger partial charge in [-0.1, -0.05) is 24.6 Å². The maximum atomic E-state index is 13.1. The van der Waals surface area contributed by atoms with Crippen molar-refractivity contribution in [2.45, 2.75) is 58.3 Å². The zero-order valence-corrected chi connectivity index (χ0v) is 19.6. The van der Waals surface area contributed by atoms with Crippen molar-refractivity contribution >= 4 is 17.5 Å². The Bertz CT molecular complexity index is 841. The third-order valence-electron chi connectivity index (χ3n) is 9.29. The minimum Gasteiger partial charge on any atom is -0.395 e. The molecule has 5 unspecified atom stereocenters. The van der Waals surface area contributed by atoms with E-state index in [1.807, 2.05) is 18.2 Å². The Labute approximate surface area is 191 Å². The fraction of sp³-hybridized carbons (Fsp3) is 0.731. The summed E-state index contributed by atoms with van der Waals surface area (Å²) in [5, 5.41) is 13.0. The molecule has 4 aliphatic rings. The van der Waals surface area contributed by atoms with E-state index in [-0.39, 0.29) is 12.5 Å². The van der Waals surface area contributed by atoms with E-state index in [1.54, 1.807) is 0 Å². The number of amides is 1. The van der Waals surface area contributed by atoms with Crippen LogP contribution in [0.1, 0.15) is 67.8 Å². The summed E-state index contributed by atoms with van der Waals surface area (Å²) in [6.45, 7) is 5.75. The molecule has 4 saturated carbocycles. The van der Waals surface area contributed by atoms with Gasteiger partial charge in [0.1, 0.15) is 0 Å². The predicted molar refractivity (Wildman–Crippen MR) is 124 cm³/mol. The molecule has 5 heteroatoms. The molecule has 0 radical (unpaired) electrons. The molecule has 0 heterocycles. The minimum absolute atomic E-state index is 0.0112. The number of rotatable bonds is 10. The number of hydrogen-bond donors (Lipinski definition) is 2. The van der Waals surface area contributed by atoms with Crippen molar-refractivity contribution in [2.75, 3.05) is 32.8 Å². The third kappa shape index (κ3) is 3.83. The van der Waals surface area contributed by atoms with Crippen molar-refractivity contribution < 1.29 is 9.90 Å². The van der Waals surface area contributed by atoms with Crippen molar-refractivity contribution in [3.8, 4) is 0 Å². The molecule has 0 saturated heterocycles. The first kappa shape index (κ1) is 21.7. The number of carbonyl (C=O) groups excluding carboxylic acids is 1. The van der Waals surface area contributed by atoms with Gasteiger partial charge in [0.05, 0.1) is 17.2 Å². The largest absolute Gasteiger partial charge is 0.395 e. The maximum Gasteiger partial charge on any atom is 0.252 e. The molecule has 5 rings (SSSR count). The minimum atomic E-state index is -0.0112. The smallest absolute Gasteiger partial charge is 0.252 e. The molecule has 1 aromatic carbocycles. The van der Waals surface area contributed by atoms with Crippen LogP contribution >= 0.6 is 11.6 Å². The van der Waals surface area contributed by atoms with Crippen LogP contribution in [0.5, 0.6) is 0 Å². The summed E-state index contributed by atoms with van der Waals surface area (Å²) < 4.78 is 0. The van der Waals surface area contributed by atoms with Crippen molar-refractivity contribution in [3.05, 3.63) is 34.3 Å². The molecule has 4 aliphatic carbocycles. The standard InChI is InChI=1S/C26H37ClN2O2/c1-2-29(8-9-30)7-3-4-18-5-6-23(27)22(11-18)24(31)28-17-25-13-19-10-20-12-21(15-25)26(20,14-19)16-25/h5-6,11,19-21,30H,2-4,7-10,12-17H2,1H3,(H,28,31). The molecule has 4 nitrogen and oxygen atoms in total. The Morgan fingerprint density at radius 1 is 1.23 bits per heavy atom. The van der Waals surface area contributed by atoms with E-state index < -0.39 is 0 Å². The van der Waals surface area contributed by atoms with E-state index in [2.05, 4.69) is 17.1 Å². The summed E-state index contributed by atoms with van der Waals surface area (Å²) in [4.78, 5) is 15.3. The lowest BCUT2D eigenvalue weighted by Gasteiger charge is -2.49. The number of hydrogen-bond acceptors (Lipinski definition) is 3. The highest BCUT2D eigenvalue weighted by Crippen LogP contribution is 2.78. The molecule has 1 aromatic rings. The molecule has 31 heavy (non-hydrogen) atoms. The van der Waals surface area contributed by atoms with Crippen LogP contribution in [0.2, 0.25) is 5.02 Å². The topological polar surface area (TPSA) is 52.6 Å². The van der Waals surface area contributed by atoms with Gasteiger partial charge in [-0.05, 0) is 111 Å². The van der Waals surface area contributed by atoms with E-state index in [1.165, 1.54) is 38.5 Å². The van der Waals surface area contributed by atoms with E-state index in [9.17, 15) is 4.79 Å². The molecular weight excluding hydrogens is 408 g/mol. The number of fused-ring (bicyclic) bond motifs is 2. The Hall–Kier alpha value is -1.10. The number of carbonyl (C=O) groups is 1. The van der Waals surface area contributed by atoms with Gasteiger partial charge in [-0.15, -0.1) is 0 Å². The van der Waals surface area contributed by atoms with Crippen molar-refractivity contribution in [1.82, 2.24) is 10.2 Å². The quantitative estimate of drug-likeness (QED) is 0.557. The number of halogens is 1. The number of benzene rings is 1.